The number of nitrogens with zero attached hydrogens (tertiary/aromatic N) is 3. The fourth-order valence-corrected chi connectivity index (χ4v) is 4.09. The number of halogens is 1. The average Bonchev–Trinajstić information content (AvgIpc) is 2.84. The van der Waals surface area contributed by atoms with Crippen LogP contribution < -0.4 is 4.90 Å². The van der Waals surface area contributed by atoms with Crippen LogP contribution in [0.4, 0.5) is 5.82 Å². The normalized spacial score (nSPS) is 22.6. The van der Waals surface area contributed by atoms with Crippen LogP contribution in [0.1, 0.15) is 20.3 Å². The van der Waals surface area contributed by atoms with E-state index in [1.54, 1.807) is 6.33 Å². The summed E-state index contributed by atoms with van der Waals surface area (Å²) < 4.78 is 1.07. The van der Waals surface area contributed by atoms with Gasteiger partial charge in [0, 0.05) is 28.5 Å². The van der Waals surface area contributed by atoms with Gasteiger partial charge in [-0.3, -0.25) is 0 Å². The third-order valence-corrected chi connectivity index (χ3v) is 4.99. The molecule has 0 unspecified atom stereocenters. The van der Waals surface area contributed by atoms with Gasteiger partial charge in [-0.1, -0.05) is 29.8 Å². The van der Waals surface area contributed by atoms with Crippen LogP contribution in [0.2, 0.25) is 0 Å². The highest BCUT2D eigenvalue weighted by Crippen LogP contribution is 2.33. The van der Waals surface area contributed by atoms with Crippen LogP contribution in [0.5, 0.6) is 0 Å². The van der Waals surface area contributed by atoms with Gasteiger partial charge in [0.2, 0.25) is 0 Å². The highest BCUT2D eigenvalue weighted by Gasteiger charge is 2.25. The highest BCUT2D eigenvalue weighted by atomic mass is 79.9. The largest absolute Gasteiger partial charge is 0.354 e. The first-order chi connectivity index (χ1) is 10.6. The van der Waals surface area contributed by atoms with Crippen molar-refractivity contribution < 1.29 is 0 Å². The maximum atomic E-state index is 4.59. The van der Waals surface area contributed by atoms with Crippen LogP contribution in [0.15, 0.2) is 29.0 Å². The molecule has 0 bridgehead atoms. The topological polar surface area (TPSA) is 44.8 Å². The van der Waals surface area contributed by atoms with E-state index in [9.17, 15) is 0 Å². The first-order valence-corrected chi connectivity index (χ1v) is 8.58. The summed E-state index contributed by atoms with van der Waals surface area (Å²) in [6.45, 7) is 6.78. The van der Waals surface area contributed by atoms with Crippen molar-refractivity contribution >= 4 is 43.7 Å². The van der Waals surface area contributed by atoms with Crippen LogP contribution in [0.25, 0.3) is 21.9 Å². The summed E-state index contributed by atoms with van der Waals surface area (Å²) in [6.07, 6.45) is 2.99. The summed E-state index contributed by atoms with van der Waals surface area (Å²) in [7, 11) is 0. The van der Waals surface area contributed by atoms with Gasteiger partial charge in [-0.05, 0) is 36.5 Å². The van der Waals surface area contributed by atoms with Crippen molar-refractivity contribution in [3.8, 4) is 0 Å². The second-order valence-corrected chi connectivity index (χ2v) is 7.50. The van der Waals surface area contributed by atoms with Gasteiger partial charge in [0.05, 0.1) is 0 Å². The van der Waals surface area contributed by atoms with E-state index in [0.717, 1.165) is 45.3 Å². The van der Waals surface area contributed by atoms with E-state index < -0.39 is 0 Å². The van der Waals surface area contributed by atoms with Crippen LogP contribution in [0, 0.1) is 11.8 Å². The van der Waals surface area contributed by atoms with Crippen LogP contribution in [0.3, 0.4) is 0 Å². The van der Waals surface area contributed by atoms with Crippen molar-refractivity contribution in [2.75, 3.05) is 18.0 Å². The number of nitrogens with one attached hydrogen (secondary N) is 1. The van der Waals surface area contributed by atoms with Gasteiger partial charge in [0.25, 0.3) is 0 Å². The molecule has 1 fully saturated rings. The predicted octanol–water partition coefficient (Wildman–Crippen LogP) is 4.36. The van der Waals surface area contributed by atoms with Gasteiger partial charge < -0.3 is 9.88 Å². The van der Waals surface area contributed by atoms with Gasteiger partial charge >= 0.3 is 0 Å². The number of H-pyrrole nitrogens is 1. The Morgan fingerprint density at radius 2 is 1.95 bits per heavy atom. The van der Waals surface area contributed by atoms with Gasteiger partial charge in [-0.25, -0.2) is 9.97 Å². The van der Waals surface area contributed by atoms with E-state index in [1.165, 1.54) is 6.42 Å². The second-order valence-electron chi connectivity index (χ2n) is 6.59. The molecular formula is C17H19BrN4. The van der Waals surface area contributed by atoms with E-state index in [2.05, 4.69) is 67.8 Å². The molecule has 114 valence electrons. The molecule has 22 heavy (non-hydrogen) atoms. The van der Waals surface area contributed by atoms with Crippen molar-refractivity contribution in [1.29, 1.82) is 0 Å². The first kappa shape index (κ1) is 14.0. The third kappa shape index (κ3) is 2.28. The number of aromatic amines is 1. The Morgan fingerprint density at radius 1 is 1.18 bits per heavy atom. The fourth-order valence-electron chi connectivity index (χ4n) is 3.73. The summed E-state index contributed by atoms with van der Waals surface area (Å²) in [5, 5.41) is 1.14. The molecule has 0 radical (unpaired) electrons. The monoisotopic (exact) mass is 358 g/mol. The lowest BCUT2D eigenvalue weighted by molar-refractivity contribution is 0.356. The number of aromatic nitrogens is 3. The molecule has 1 aliphatic rings. The zero-order valence-electron chi connectivity index (χ0n) is 12.8. The Morgan fingerprint density at radius 3 is 2.73 bits per heavy atom. The van der Waals surface area contributed by atoms with Crippen molar-refractivity contribution in [2.45, 2.75) is 20.3 Å². The van der Waals surface area contributed by atoms with E-state index >= 15 is 0 Å². The number of anilines is 1. The molecule has 3 heterocycles. The molecular weight excluding hydrogens is 340 g/mol. The average molecular weight is 359 g/mol. The summed E-state index contributed by atoms with van der Waals surface area (Å²) in [6, 6.07) is 6.26. The number of hydrogen-bond donors (Lipinski definition) is 1. The molecule has 2 atom stereocenters. The SMILES string of the molecule is C[C@@H]1C[C@@H](C)CN(c2ncnc3c2[nH]c2ccc(Br)cc23)C1. The number of fused-ring (bicyclic) bond motifs is 3. The molecule has 1 saturated heterocycles. The van der Waals surface area contributed by atoms with Gasteiger partial charge in [0.15, 0.2) is 5.82 Å². The maximum Gasteiger partial charge on any atom is 0.156 e. The van der Waals surface area contributed by atoms with E-state index in [1.807, 2.05) is 0 Å². The smallest absolute Gasteiger partial charge is 0.156 e. The quantitative estimate of drug-likeness (QED) is 0.702. The third-order valence-electron chi connectivity index (χ3n) is 4.49. The first-order valence-electron chi connectivity index (χ1n) is 7.78. The molecule has 1 N–H and O–H groups in total. The minimum Gasteiger partial charge on any atom is -0.354 e. The summed E-state index contributed by atoms with van der Waals surface area (Å²) in [5.41, 5.74) is 3.17. The van der Waals surface area contributed by atoms with Crippen molar-refractivity contribution in [1.82, 2.24) is 15.0 Å². The highest BCUT2D eigenvalue weighted by molar-refractivity contribution is 9.10. The predicted molar refractivity (Wildman–Crippen MR) is 94.3 cm³/mol. The van der Waals surface area contributed by atoms with E-state index in [0.29, 0.717) is 11.8 Å². The Balaban J connectivity index is 1.89. The zero-order chi connectivity index (χ0) is 15.3. The van der Waals surface area contributed by atoms with Crippen LogP contribution >= 0.6 is 15.9 Å². The van der Waals surface area contributed by atoms with E-state index in [4.69, 9.17) is 0 Å². The van der Waals surface area contributed by atoms with Gasteiger partial charge in [-0.2, -0.15) is 0 Å². The summed E-state index contributed by atoms with van der Waals surface area (Å²) in [5.74, 6) is 2.44. The minimum atomic E-state index is 0.701. The molecule has 2 aromatic heterocycles. The van der Waals surface area contributed by atoms with Crippen molar-refractivity contribution in [3.05, 3.63) is 29.0 Å². The number of piperidine rings is 1. The Hall–Kier alpha value is -1.62. The molecule has 0 amide bonds. The van der Waals surface area contributed by atoms with E-state index in [-0.39, 0.29) is 0 Å². The molecule has 1 aromatic carbocycles. The summed E-state index contributed by atoms with van der Waals surface area (Å²) in [4.78, 5) is 15.0. The Bertz CT molecular complexity index is 831. The molecule has 3 aromatic rings. The number of rotatable bonds is 1. The van der Waals surface area contributed by atoms with Gasteiger partial charge in [0.1, 0.15) is 17.4 Å². The standard InChI is InChI=1S/C17H19BrN4/c1-10-5-11(2)8-22(7-10)17-16-15(19-9-20-17)13-6-12(18)3-4-14(13)21-16/h3-4,6,9-11,21H,5,7-8H2,1-2H3/t10-,11-/m1/s1. The number of benzene rings is 1. The molecule has 4 nitrogen and oxygen atoms in total. The lowest BCUT2D eigenvalue weighted by Gasteiger charge is -2.35. The van der Waals surface area contributed by atoms with Gasteiger partial charge in [-0.15, -0.1) is 0 Å². The molecule has 5 heteroatoms. The minimum absolute atomic E-state index is 0.701. The lowest BCUT2D eigenvalue weighted by atomic mass is 9.92. The summed E-state index contributed by atoms with van der Waals surface area (Å²) >= 11 is 3.55. The molecule has 0 saturated carbocycles. The lowest BCUT2D eigenvalue weighted by Crippen LogP contribution is -2.39. The van der Waals surface area contributed by atoms with Crippen LogP contribution in [-0.2, 0) is 0 Å². The maximum absolute atomic E-state index is 4.59. The second kappa shape index (κ2) is 5.23. The molecule has 0 spiro atoms. The van der Waals surface area contributed by atoms with Crippen LogP contribution in [-0.4, -0.2) is 28.0 Å². The Labute approximate surface area is 138 Å². The fraction of sp³-hybridized carbons (Fsp3) is 0.412. The Kier molecular flexibility index (Phi) is 3.33. The number of hydrogen-bond acceptors (Lipinski definition) is 3. The molecule has 4 rings (SSSR count). The van der Waals surface area contributed by atoms with Crippen molar-refractivity contribution in [2.24, 2.45) is 11.8 Å². The molecule has 1 aliphatic heterocycles. The zero-order valence-corrected chi connectivity index (χ0v) is 14.4. The van der Waals surface area contributed by atoms with Crippen molar-refractivity contribution in [3.63, 3.8) is 0 Å². The molecule has 0 aliphatic carbocycles.